The number of aryl methyl sites for hydroxylation is 1. The van der Waals surface area contributed by atoms with Gasteiger partial charge < -0.3 is 19.3 Å². The molecule has 0 aliphatic carbocycles. The molecule has 3 saturated heterocycles. The maximum absolute atomic E-state index is 12.9. The topological polar surface area (TPSA) is 72.0 Å². The van der Waals surface area contributed by atoms with E-state index in [0.29, 0.717) is 25.4 Å². The van der Waals surface area contributed by atoms with Crippen LogP contribution in [0.25, 0.3) is 0 Å². The summed E-state index contributed by atoms with van der Waals surface area (Å²) >= 11 is 0. The summed E-state index contributed by atoms with van der Waals surface area (Å²) in [6.07, 6.45) is 4.95. The second kappa shape index (κ2) is 8.30. The van der Waals surface area contributed by atoms with E-state index in [-0.39, 0.29) is 30.4 Å². The molecule has 0 unspecified atom stereocenters. The lowest BCUT2D eigenvalue weighted by Gasteiger charge is -2.46. The number of hydrogen-bond acceptors (Lipinski definition) is 5. The summed E-state index contributed by atoms with van der Waals surface area (Å²) in [6, 6.07) is 10.1. The van der Waals surface area contributed by atoms with Crippen LogP contribution in [0.1, 0.15) is 29.9 Å². The zero-order valence-electron chi connectivity index (χ0n) is 17.7. The Bertz CT molecular complexity index is 971. The maximum Gasteiger partial charge on any atom is 0.320 e. The van der Waals surface area contributed by atoms with Crippen LogP contribution in [-0.4, -0.2) is 65.5 Å². The number of urea groups is 1. The van der Waals surface area contributed by atoms with Gasteiger partial charge in [-0.05, 0) is 42.7 Å². The highest BCUT2D eigenvalue weighted by Gasteiger charge is 2.40. The van der Waals surface area contributed by atoms with Crippen molar-refractivity contribution in [1.82, 2.24) is 14.8 Å². The number of ether oxygens (including phenoxy) is 2. The van der Waals surface area contributed by atoms with E-state index in [0.717, 1.165) is 36.6 Å². The van der Waals surface area contributed by atoms with Crippen molar-refractivity contribution in [2.24, 2.45) is 5.92 Å². The van der Waals surface area contributed by atoms with Gasteiger partial charge in [0.05, 0.1) is 12.3 Å². The predicted molar refractivity (Wildman–Crippen MR) is 114 cm³/mol. The Labute approximate surface area is 182 Å². The van der Waals surface area contributed by atoms with Gasteiger partial charge in [0.15, 0.2) is 5.78 Å². The monoisotopic (exact) mass is 421 g/mol. The normalized spacial score (nSPS) is 23.8. The number of aromatic nitrogens is 1. The Balaban J connectivity index is 1.14. The molecule has 0 N–H and O–H groups in total. The highest BCUT2D eigenvalue weighted by molar-refractivity contribution is 5.81. The first kappa shape index (κ1) is 20.0. The summed E-state index contributed by atoms with van der Waals surface area (Å²) in [4.78, 5) is 32.5. The number of piperidine rings is 1. The maximum atomic E-state index is 12.9. The Morgan fingerprint density at radius 1 is 1.13 bits per heavy atom. The van der Waals surface area contributed by atoms with Gasteiger partial charge in [-0.2, -0.15) is 0 Å². The van der Waals surface area contributed by atoms with Crippen molar-refractivity contribution in [3.05, 3.63) is 53.9 Å². The summed E-state index contributed by atoms with van der Waals surface area (Å²) in [6.45, 7) is 4.99. The van der Waals surface area contributed by atoms with Crippen LogP contribution in [0.15, 0.2) is 42.7 Å². The van der Waals surface area contributed by atoms with Crippen LogP contribution in [0.2, 0.25) is 0 Å². The number of ketones is 1. The number of hydrogen-bond donors (Lipinski definition) is 0. The zero-order chi connectivity index (χ0) is 21.4. The van der Waals surface area contributed by atoms with Crippen molar-refractivity contribution in [2.75, 3.05) is 32.8 Å². The first-order chi connectivity index (χ1) is 15.1. The number of pyridine rings is 1. The minimum absolute atomic E-state index is 0.0831. The number of Topliss-reactive ketones (excluding diaryl/α,β-unsaturated/α-hetero) is 1. The predicted octanol–water partition coefficient (Wildman–Crippen LogP) is 3.38. The van der Waals surface area contributed by atoms with Crippen LogP contribution in [0, 0.1) is 12.8 Å². The van der Waals surface area contributed by atoms with E-state index in [4.69, 9.17) is 9.47 Å². The molecule has 1 aromatic carbocycles. The van der Waals surface area contributed by atoms with Gasteiger partial charge in [-0.15, -0.1) is 0 Å². The standard InChI is InChI=1S/C24H27N3O4/c1-16-6-8-25-11-23(16)31-21-4-2-17(3-5-21)19-13-27(14-19)24(29)26-9-7-22-18(12-26)10-20(28)15-30-22/h2-6,8,11,18-19,22H,7,9-10,12-15H2,1H3/t18-,22+/m1/s1. The molecule has 162 valence electrons. The molecule has 31 heavy (non-hydrogen) atoms. The highest BCUT2D eigenvalue weighted by atomic mass is 16.5. The van der Waals surface area contributed by atoms with Crippen molar-refractivity contribution in [3.63, 3.8) is 0 Å². The van der Waals surface area contributed by atoms with Crippen LogP contribution in [0.5, 0.6) is 11.5 Å². The number of amides is 2. The molecule has 0 spiro atoms. The van der Waals surface area contributed by atoms with E-state index in [9.17, 15) is 9.59 Å². The summed E-state index contributed by atoms with van der Waals surface area (Å²) in [5, 5.41) is 0. The Morgan fingerprint density at radius 3 is 2.71 bits per heavy atom. The van der Waals surface area contributed by atoms with E-state index in [1.807, 2.05) is 34.9 Å². The molecule has 3 aliphatic rings. The number of rotatable bonds is 3. The zero-order valence-corrected chi connectivity index (χ0v) is 17.7. The number of likely N-dealkylation sites (tertiary alicyclic amines) is 2. The second-order valence-electron chi connectivity index (χ2n) is 8.78. The molecule has 7 heteroatoms. The lowest BCUT2D eigenvalue weighted by atomic mass is 9.87. The van der Waals surface area contributed by atoms with E-state index in [2.05, 4.69) is 17.1 Å². The molecule has 1 aromatic heterocycles. The third-order valence-corrected chi connectivity index (χ3v) is 6.61. The van der Waals surface area contributed by atoms with Gasteiger partial charge in [0.25, 0.3) is 0 Å². The quantitative estimate of drug-likeness (QED) is 0.760. The fourth-order valence-electron chi connectivity index (χ4n) is 4.69. The lowest BCUT2D eigenvalue weighted by Crippen LogP contribution is -2.58. The van der Waals surface area contributed by atoms with Gasteiger partial charge in [0.2, 0.25) is 0 Å². The number of fused-ring (bicyclic) bond motifs is 1. The SMILES string of the molecule is Cc1ccncc1Oc1ccc(C2CN(C(=O)N3CC[C@@H]4OCC(=O)C[C@@H]4C3)C2)cc1. The fourth-order valence-corrected chi connectivity index (χ4v) is 4.69. The van der Waals surface area contributed by atoms with Crippen molar-refractivity contribution in [3.8, 4) is 11.5 Å². The first-order valence-corrected chi connectivity index (χ1v) is 10.9. The molecular formula is C24H27N3O4. The van der Waals surface area contributed by atoms with Crippen LogP contribution in [0.3, 0.4) is 0 Å². The van der Waals surface area contributed by atoms with Crippen molar-refractivity contribution in [2.45, 2.75) is 31.8 Å². The van der Waals surface area contributed by atoms with Crippen molar-refractivity contribution < 1.29 is 19.1 Å². The Kier molecular flexibility index (Phi) is 5.36. The first-order valence-electron chi connectivity index (χ1n) is 10.9. The molecule has 2 amide bonds. The molecule has 3 fully saturated rings. The largest absolute Gasteiger partial charge is 0.455 e. The van der Waals surface area contributed by atoms with E-state index in [1.165, 1.54) is 5.56 Å². The van der Waals surface area contributed by atoms with Crippen LogP contribution >= 0.6 is 0 Å². The molecule has 4 heterocycles. The van der Waals surface area contributed by atoms with Crippen molar-refractivity contribution in [1.29, 1.82) is 0 Å². The van der Waals surface area contributed by atoms with Gasteiger partial charge in [-0.25, -0.2) is 4.79 Å². The molecule has 2 atom stereocenters. The number of benzene rings is 1. The minimum Gasteiger partial charge on any atom is -0.455 e. The summed E-state index contributed by atoms with van der Waals surface area (Å²) < 4.78 is 11.6. The number of carbonyl (C=O) groups is 2. The second-order valence-corrected chi connectivity index (χ2v) is 8.78. The fraction of sp³-hybridized carbons (Fsp3) is 0.458. The molecule has 0 radical (unpaired) electrons. The molecule has 7 nitrogen and oxygen atoms in total. The average Bonchev–Trinajstić information content (AvgIpc) is 2.75. The van der Waals surface area contributed by atoms with Crippen LogP contribution in [0.4, 0.5) is 4.79 Å². The van der Waals surface area contributed by atoms with E-state index < -0.39 is 0 Å². The lowest BCUT2D eigenvalue weighted by molar-refractivity contribution is -0.140. The smallest absolute Gasteiger partial charge is 0.320 e. The van der Waals surface area contributed by atoms with Gasteiger partial charge in [-0.1, -0.05) is 12.1 Å². The average molecular weight is 421 g/mol. The van der Waals surface area contributed by atoms with E-state index in [1.54, 1.807) is 12.4 Å². The summed E-state index contributed by atoms with van der Waals surface area (Å²) in [5.41, 5.74) is 2.25. The number of carbonyl (C=O) groups excluding carboxylic acids is 2. The van der Waals surface area contributed by atoms with Gasteiger partial charge in [0, 0.05) is 50.6 Å². The minimum atomic E-state index is 0.0831. The van der Waals surface area contributed by atoms with Crippen LogP contribution in [-0.2, 0) is 9.53 Å². The molecular weight excluding hydrogens is 394 g/mol. The third-order valence-electron chi connectivity index (χ3n) is 6.61. The molecule has 5 rings (SSSR count). The van der Waals surface area contributed by atoms with Gasteiger partial charge in [0.1, 0.15) is 18.1 Å². The van der Waals surface area contributed by atoms with Crippen LogP contribution < -0.4 is 4.74 Å². The summed E-state index contributed by atoms with van der Waals surface area (Å²) in [7, 11) is 0. The van der Waals surface area contributed by atoms with Crippen molar-refractivity contribution >= 4 is 11.8 Å². The Morgan fingerprint density at radius 2 is 1.94 bits per heavy atom. The van der Waals surface area contributed by atoms with Gasteiger partial charge >= 0.3 is 6.03 Å². The molecule has 0 bridgehead atoms. The third kappa shape index (κ3) is 4.14. The highest BCUT2D eigenvalue weighted by Crippen LogP contribution is 2.33. The molecule has 2 aromatic rings. The Hall–Kier alpha value is -2.93. The molecule has 3 aliphatic heterocycles. The number of nitrogens with zero attached hydrogens (tertiary/aromatic N) is 3. The van der Waals surface area contributed by atoms with Gasteiger partial charge in [-0.3, -0.25) is 9.78 Å². The molecule has 0 saturated carbocycles. The summed E-state index contributed by atoms with van der Waals surface area (Å²) in [5.74, 6) is 2.16. The van der Waals surface area contributed by atoms with E-state index >= 15 is 0 Å².